The molecule has 0 spiro atoms. The van der Waals surface area contributed by atoms with Crippen LogP contribution in [0.25, 0.3) is 32.3 Å². The molecule has 0 fully saturated rings. The molecular formula is C52H42Cl2N8O10. The van der Waals surface area contributed by atoms with Crippen molar-refractivity contribution in [2.24, 2.45) is 0 Å². The minimum absolute atomic E-state index is 0. The quantitative estimate of drug-likeness (QED) is 0.0382. The van der Waals surface area contributed by atoms with Gasteiger partial charge in [0.1, 0.15) is 0 Å². The first-order valence-corrected chi connectivity index (χ1v) is 22.4. The summed E-state index contributed by atoms with van der Waals surface area (Å²) in [5.74, 6) is -4.57. The topological polar surface area (TPSA) is 238 Å². The molecule has 3 aliphatic heterocycles. The van der Waals surface area contributed by atoms with E-state index in [0.717, 1.165) is 32.5 Å². The van der Waals surface area contributed by atoms with Crippen molar-refractivity contribution in [2.45, 2.75) is 0 Å². The Labute approximate surface area is 421 Å². The number of fused-ring (bicyclic) bond motifs is 4. The van der Waals surface area contributed by atoms with E-state index in [1.807, 2.05) is 48.5 Å². The van der Waals surface area contributed by atoms with Gasteiger partial charge >= 0.3 is 0 Å². The van der Waals surface area contributed by atoms with E-state index in [1.54, 1.807) is 30.3 Å². The maximum atomic E-state index is 14.2. The smallest absolute Gasteiger partial charge is 0.270 e. The van der Waals surface area contributed by atoms with Gasteiger partial charge in [-0.25, -0.2) is 4.90 Å². The number of amides is 8. The number of anilines is 1. The molecule has 3 aliphatic rings. The first-order chi connectivity index (χ1) is 33.9. The molecule has 0 atom stereocenters. The lowest BCUT2D eigenvalue weighted by molar-refractivity contribution is -0.384. The van der Waals surface area contributed by atoms with Gasteiger partial charge in [0.2, 0.25) is 0 Å². The number of rotatable bonds is 16. The van der Waals surface area contributed by atoms with Gasteiger partial charge in [-0.3, -0.25) is 58.3 Å². The van der Waals surface area contributed by atoms with Crippen molar-refractivity contribution in [1.29, 1.82) is 0 Å². The predicted octanol–water partition coefficient (Wildman–Crippen LogP) is 5.93. The molecule has 18 nitrogen and oxygen atoms in total. The second-order valence-electron chi connectivity index (χ2n) is 16.9. The van der Waals surface area contributed by atoms with Crippen molar-refractivity contribution < 1.29 is 43.3 Å². The fourth-order valence-corrected chi connectivity index (χ4v) is 9.16. The molecule has 8 amide bonds. The van der Waals surface area contributed by atoms with Crippen LogP contribution in [0.4, 0.5) is 11.4 Å². The van der Waals surface area contributed by atoms with E-state index in [1.165, 1.54) is 46.2 Å². The highest BCUT2D eigenvalue weighted by molar-refractivity contribution is 6.36. The van der Waals surface area contributed by atoms with Crippen LogP contribution in [0.5, 0.6) is 0 Å². The molecule has 20 heteroatoms. The highest BCUT2D eigenvalue weighted by atomic mass is 35.5. The van der Waals surface area contributed by atoms with Gasteiger partial charge in [0, 0.05) is 86.6 Å². The fourth-order valence-electron chi connectivity index (χ4n) is 9.16. The van der Waals surface area contributed by atoms with E-state index in [-0.39, 0.29) is 116 Å². The number of benzene rings is 7. The Morgan fingerprint density at radius 1 is 0.444 bits per heavy atom. The number of nitrogens with one attached hydrogen (secondary N) is 4. The highest BCUT2D eigenvalue weighted by Crippen LogP contribution is 2.36. The van der Waals surface area contributed by atoms with Crippen LogP contribution in [-0.4, -0.2) is 114 Å². The van der Waals surface area contributed by atoms with E-state index in [0.29, 0.717) is 27.6 Å². The van der Waals surface area contributed by atoms with Crippen molar-refractivity contribution in [3.63, 3.8) is 0 Å². The Bertz CT molecular complexity index is 3230. The first-order valence-electron chi connectivity index (χ1n) is 22.4. The van der Waals surface area contributed by atoms with Crippen LogP contribution in [-0.2, 0) is 0 Å². The van der Waals surface area contributed by atoms with Gasteiger partial charge in [0.05, 0.1) is 38.4 Å². The van der Waals surface area contributed by atoms with E-state index in [4.69, 9.17) is 0 Å². The number of nitro groups is 1. The van der Waals surface area contributed by atoms with E-state index in [2.05, 4.69) is 21.3 Å². The average molecular weight is 1010 g/mol. The van der Waals surface area contributed by atoms with Crippen LogP contribution in [0.15, 0.2) is 121 Å². The molecule has 10 rings (SSSR count). The molecule has 3 heterocycles. The van der Waals surface area contributed by atoms with Crippen molar-refractivity contribution in [3.05, 3.63) is 176 Å². The van der Waals surface area contributed by atoms with Gasteiger partial charge in [-0.05, 0) is 75.5 Å². The summed E-state index contributed by atoms with van der Waals surface area (Å²) in [6.07, 6.45) is 0. The Morgan fingerprint density at radius 2 is 0.861 bits per heavy atom. The fraction of sp³-hybridized carbons (Fsp3) is 0.154. The van der Waals surface area contributed by atoms with Crippen LogP contribution < -0.4 is 26.2 Å². The molecule has 7 aromatic carbocycles. The first kappa shape index (κ1) is 50.0. The van der Waals surface area contributed by atoms with E-state index < -0.39 is 52.2 Å². The molecule has 4 N–H and O–H groups in total. The standard InChI is InChI=1S/C52H40N8O10.2ClH/c61-45(55-14-12-53-16-18-57-47(63)39-24-29-6-1-2-7-30(29)25-40(39)48(57)64)34-20-35(23-36(22-34)59-51(67)38-11-5-10-33-21-37(60(69)70)28-43(44(33)38)52(59)68)46(62)56-15-13-54-17-19-58-49(65)41-26-31-8-3-4-9-32(31)27-42(41)50(58)66;;/h1-11,20-28,53-54H,12-19H2,(H,55,61)(H,56,62);2*1H. The molecule has 72 heavy (non-hydrogen) atoms. The number of halogens is 2. The van der Waals surface area contributed by atoms with Crippen LogP contribution in [0.2, 0.25) is 0 Å². The number of non-ortho nitro benzene ring substituents is 1. The zero-order valence-corrected chi connectivity index (χ0v) is 39.5. The summed E-state index contributed by atoms with van der Waals surface area (Å²) in [6.45, 7) is 1.15. The van der Waals surface area contributed by atoms with Gasteiger partial charge < -0.3 is 21.3 Å². The largest absolute Gasteiger partial charge is 0.351 e. The van der Waals surface area contributed by atoms with Crippen LogP contribution >= 0.6 is 24.8 Å². The van der Waals surface area contributed by atoms with Crippen LogP contribution in [0.1, 0.15) is 82.9 Å². The van der Waals surface area contributed by atoms with Gasteiger partial charge in [0.25, 0.3) is 52.9 Å². The van der Waals surface area contributed by atoms with Gasteiger partial charge in [-0.1, -0.05) is 60.7 Å². The van der Waals surface area contributed by atoms with Gasteiger partial charge in [0.15, 0.2) is 0 Å². The molecule has 0 aromatic heterocycles. The second kappa shape index (κ2) is 20.5. The average Bonchev–Trinajstić information content (AvgIpc) is 3.74. The maximum absolute atomic E-state index is 14.2. The summed E-state index contributed by atoms with van der Waals surface area (Å²) >= 11 is 0. The minimum Gasteiger partial charge on any atom is -0.351 e. The number of nitrogens with zero attached hydrogens (tertiary/aromatic N) is 4. The zero-order valence-electron chi connectivity index (χ0n) is 37.9. The summed E-state index contributed by atoms with van der Waals surface area (Å²) in [7, 11) is 0. The normalized spacial score (nSPS) is 13.6. The summed E-state index contributed by atoms with van der Waals surface area (Å²) < 4.78 is 0. The van der Waals surface area contributed by atoms with Crippen LogP contribution in [0.3, 0.4) is 0 Å². The van der Waals surface area contributed by atoms with Crippen molar-refractivity contribution in [2.75, 3.05) is 57.3 Å². The lowest BCUT2D eigenvalue weighted by atomic mass is 9.92. The molecule has 364 valence electrons. The summed E-state index contributed by atoms with van der Waals surface area (Å²) in [4.78, 5) is 123. The molecule has 0 radical (unpaired) electrons. The minimum atomic E-state index is -0.896. The highest BCUT2D eigenvalue weighted by Gasteiger charge is 2.38. The number of hydrogen-bond donors (Lipinski definition) is 4. The van der Waals surface area contributed by atoms with Crippen molar-refractivity contribution in [1.82, 2.24) is 31.1 Å². The SMILES string of the molecule is Cl.Cl.O=C(NCCNCCN1C(=O)c2cc3ccccc3cc2C1=O)c1cc(C(=O)NCCNCCN2C(=O)c3cc4ccccc4cc3C2=O)cc(N2C(=O)c3cccc4cc([N+](=O)[O-])cc(c34)C2=O)c1. The van der Waals surface area contributed by atoms with Gasteiger partial charge in [-0.15, -0.1) is 24.8 Å². The summed E-state index contributed by atoms with van der Waals surface area (Å²) in [5, 5.41) is 27.5. The third-order valence-electron chi connectivity index (χ3n) is 12.6. The lowest BCUT2D eigenvalue weighted by Gasteiger charge is -2.27. The van der Waals surface area contributed by atoms with E-state index in [9.17, 15) is 48.5 Å². The number of hydrogen-bond acceptors (Lipinski definition) is 12. The summed E-state index contributed by atoms with van der Waals surface area (Å²) in [5.41, 5.74) is 0.650. The van der Waals surface area contributed by atoms with Crippen molar-refractivity contribution in [3.8, 4) is 0 Å². The molecule has 0 saturated carbocycles. The molecular weight excluding hydrogens is 968 g/mol. The third kappa shape index (κ3) is 9.10. The summed E-state index contributed by atoms with van der Waals surface area (Å²) in [6, 6.07) is 32.5. The Hall–Kier alpha value is -8.42. The van der Waals surface area contributed by atoms with Crippen LogP contribution in [0, 0.1) is 10.1 Å². The van der Waals surface area contributed by atoms with Crippen molar-refractivity contribution >= 4 is 116 Å². The molecule has 7 aromatic rings. The molecule has 0 aliphatic carbocycles. The number of carbonyl (C=O) groups excluding carboxylic acids is 8. The monoisotopic (exact) mass is 1010 g/mol. The van der Waals surface area contributed by atoms with Gasteiger partial charge in [-0.2, -0.15) is 0 Å². The number of nitro benzene ring substituents is 1. The number of imide groups is 3. The maximum Gasteiger partial charge on any atom is 0.270 e. The zero-order chi connectivity index (χ0) is 48.8. The Morgan fingerprint density at radius 3 is 1.29 bits per heavy atom. The molecule has 0 unspecified atom stereocenters. The third-order valence-corrected chi connectivity index (χ3v) is 12.6. The Balaban J connectivity index is 0.00000347. The number of carbonyl (C=O) groups is 8. The molecule has 0 bridgehead atoms. The predicted molar refractivity (Wildman–Crippen MR) is 272 cm³/mol. The second-order valence-corrected chi connectivity index (χ2v) is 16.9. The molecule has 0 saturated heterocycles. The lowest BCUT2D eigenvalue weighted by Crippen LogP contribution is -2.41. The Kier molecular flexibility index (Phi) is 14.2. The van der Waals surface area contributed by atoms with E-state index >= 15 is 0 Å².